The Labute approximate surface area is 225 Å². The van der Waals surface area contributed by atoms with Crippen molar-refractivity contribution < 1.29 is 23.7 Å². The smallest absolute Gasteiger partial charge is 0.497 e. The van der Waals surface area contributed by atoms with Gasteiger partial charge in [-0.3, -0.25) is 4.99 Å². The zero-order valence-electron chi connectivity index (χ0n) is 22.3. The molecule has 1 aromatic heterocycles. The predicted molar refractivity (Wildman–Crippen MR) is 151 cm³/mol. The highest BCUT2D eigenvalue weighted by molar-refractivity contribution is 7.07. The van der Waals surface area contributed by atoms with Crippen LogP contribution in [0.1, 0.15) is 33.3 Å². The highest BCUT2D eigenvalue weighted by Gasteiger charge is 2.19. The molecule has 0 radical (unpaired) electrons. The van der Waals surface area contributed by atoms with Gasteiger partial charge in [0, 0.05) is 17.5 Å². The summed E-state index contributed by atoms with van der Waals surface area (Å²) in [4.78, 5) is 17.5. The highest BCUT2D eigenvalue weighted by Crippen LogP contribution is 2.30. The van der Waals surface area contributed by atoms with E-state index < -0.39 is 11.8 Å². The van der Waals surface area contributed by atoms with E-state index in [0.717, 1.165) is 38.1 Å². The third-order valence-corrected chi connectivity index (χ3v) is 6.27. The zero-order valence-corrected chi connectivity index (χ0v) is 23.2. The first-order valence-electron chi connectivity index (χ1n) is 12.1. The van der Waals surface area contributed by atoms with Gasteiger partial charge in [-0.15, -0.1) is 11.3 Å². The second-order valence-electron chi connectivity index (χ2n) is 9.34. The number of hydrogen-bond acceptors (Lipinski definition) is 8. The molecule has 0 saturated carbocycles. The maximum Gasteiger partial charge on any atom is 0.514 e. The Balaban J connectivity index is 1.66. The third kappa shape index (κ3) is 6.41. The van der Waals surface area contributed by atoms with Crippen LogP contribution in [0.4, 0.5) is 4.79 Å². The van der Waals surface area contributed by atoms with E-state index in [9.17, 15) is 4.79 Å². The van der Waals surface area contributed by atoms with Crippen molar-refractivity contribution in [2.45, 2.75) is 33.3 Å². The molecule has 0 atom stereocenters. The van der Waals surface area contributed by atoms with Crippen molar-refractivity contribution in [2.24, 2.45) is 10.1 Å². The van der Waals surface area contributed by atoms with E-state index in [1.807, 2.05) is 29.8 Å². The van der Waals surface area contributed by atoms with Crippen molar-refractivity contribution in [1.82, 2.24) is 4.68 Å². The molecule has 1 heterocycles. The van der Waals surface area contributed by atoms with Gasteiger partial charge < -0.3 is 18.9 Å². The van der Waals surface area contributed by atoms with Crippen LogP contribution in [0.5, 0.6) is 17.2 Å². The fraction of sp³-hybridized carbons (Fsp3) is 0.276. The minimum absolute atomic E-state index is 0.261. The van der Waals surface area contributed by atoms with Crippen LogP contribution in [-0.4, -0.2) is 43.4 Å². The lowest BCUT2D eigenvalue weighted by Gasteiger charge is -2.19. The molecule has 198 valence electrons. The number of hydrogen-bond donors (Lipinski definition) is 0. The summed E-state index contributed by atoms with van der Waals surface area (Å²) in [6.45, 7) is 7.95. The molecule has 0 bridgehead atoms. The van der Waals surface area contributed by atoms with Gasteiger partial charge in [-0.05, 0) is 80.4 Å². The molecule has 0 spiro atoms. The summed E-state index contributed by atoms with van der Waals surface area (Å²) in [6, 6.07) is 17.5. The molecule has 38 heavy (non-hydrogen) atoms. The molecule has 4 aromatic rings. The topological polar surface area (TPSA) is 83.6 Å². The van der Waals surface area contributed by atoms with Crippen LogP contribution in [0.3, 0.4) is 0 Å². The molecule has 0 fully saturated rings. The lowest BCUT2D eigenvalue weighted by atomic mass is 10.1. The van der Waals surface area contributed by atoms with Crippen molar-refractivity contribution >= 4 is 34.5 Å². The molecule has 4 rings (SSSR count). The number of thiazole rings is 1. The molecule has 0 amide bonds. The fourth-order valence-electron chi connectivity index (χ4n) is 3.70. The Morgan fingerprint density at radius 1 is 0.974 bits per heavy atom. The number of fused-ring (bicyclic) bond motifs is 1. The molecule has 3 aromatic carbocycles. The lowest BCUT2D eigenvalue weighted by molar-refractivity contribution is 0.0201. The standard InChI is InChI=1S/C29H31N3O5S/c1-7-30-27-32(24(18-38-27)22-10-9-21-16-23(34-5)12-11-20(21)15-22)31-17-19-8-13-25(26(14-19)35-6)36-28(33)37-29(2,3)4/h8-18H,7H2,1-6H3. The first-order valence-corrected chi connectivity index (χ1v) is 13.0. The van der Waals surface area contributed by atoms with E-state index in [0.29, 0.717) is 12.3 Å². The normalized spacial score (nSPS) is 12.2. The molecule has 0 aliphatic rings. The van der Waals surface area contributed by atoms with Crippen molar-refractivity contribution in [2.75, 3.05) is 20.8 Å². The number of nitrogens with zero attached hydrogens (tertiary/aromatic N) is 3. The summed E-state index contributed by atoms with van der Waals surface area (Å²) >= 11 is 1.53. The van der Waals surface area contributed by atoms with Crippen LogP contribution >= 0.6 is 11.3 Å². The first kappa shape index (κ1) is 26.9. The van der Waals surface area contributed by atoms with Crippen LogP contribution in [0.2, 0.25) is 0 Å². The Kier molecular flexibility index (Phi) is 8.16. The van der Waals surface area contributed by atoms with E-state index in [1.165, 1.54) is 18.4 Å². The predicted octanol–water partition coefficient (Wildman–Crippen LogP) is 6.50. The maximum atomic E-state index is 12.1. The minimum Gasteiger partial charge on any atom is -0.497 e. The van der Waals surface area contributed by atoms with E-state index >= 15 is 0 Å². The van der Waals surface area contributed by atoms with Crippen molar-refractivity contribution in [3.63, 3.8) is 0 Å². The molecule has 0 aliphatic heterocycles. The summed E-state index contributed by atoms with van der Waals surface area (Å²) in [7, 11) is 3.18. The average molecular weight is 534 g/mol. The quantitative estimate of drug-likeness (QED) is 0.154. The van der Waals surface area contributed by atoms with Crippen LogP contribution in [-0.2, 0) is 4.74 Å². The molecule has 9 heteroatoms. The Morgan fingerprint density at radius 2 is 1.74 bits per heavy atom. The van der Waals surface area contributed by atoms with Gasteiger partial charge in [-0.1, -0.05) is 18.2 Å². The third-order valence-electron chi connectivity index (χ3n) is 5.41. The largest absolute Gasteiger partial charge is 0.514 e. The summed E-state index contributed by atoms with van der Waals surface area (Å²) < 4.78 is 23.2. The Hall–Kier alpha value is -4.11. The van der Waals surface area contributed by atoms with Crippen molar-refractivity contribution in [3.05, 3.63) is 70.3 Å². The molecular weight excluding hydrogens is 502 g/mol. The number of methoxy groups -OCH3 is 2. The van der Waals surface area contributed by atoms with Crippen molar-refractivity contribution in [1.29, 1.82) is 0 Å². The second-order valence-corrected chi connectivity index (χ2v) is 10.2. The SMILES string of the molecule is CCN=c1scc(-c2ccc3cc(OC)ccc3c2)n1N=Cc1ccc(OC(=O)OC(C)(C)C)c(OC)c1. The number of ether oxygens (including phenoxy) is 4. The van der Waals surface area contributed by atoms with Crippen molar-refractivity contribution in [3.8, 4) is 28.5 Å². The maximum absolute atomic E-state index is 12.1. The van der Waals surface area contributed by atoms with Gasteiger partial charge in [-0.25, -0.2) is 9.47 Å². The fourth-order valence-corrected chi connectivity index (χ4v) is 4.60. The first-order chi connectivity index (χ1) is 18.2. The Bertz CT molecular complexity index is 1550. The van der Waals surface area contributed by atoms with Crippen LogP contribution in [0, 0.1) is 0 Å². The summed E-state index contributed by atoms with van der Waals surface area (Å²) in [6.07, 6.45) is 0.923. The summed E-state index contributed by atoms with van der Waals surface area (Å²) in [5, 5.41) is 9.00. The zero-order chi connectivity index (χ0) is 27.3. The van der Waals surface area contributed by atoms with E-state index in [2.05, 4.69) is 28.6 Å². The molecule has 8 nitrogen and oxygen atoms in total. The van der Waals surface area contributed by atoms with Gasteiger partial charge in [0.1, 0.15) is 11.4 Å². The Morgan fingerprint density at radius 3 is 2.45 bits per heavy atom. The summed E-state index contributed by atoms with van der Waals surface area (Å²) in [5.41, 5.74) is 2.04. The molecule has 0 unspecified atom stereocenters. The van der Waals surface area contributed by atoms with E-state index in [-0.39, 0.29) is 5.75 Å². The van der Waals surface area contributed by atoms with E-state index in [1.54, 1.807) is 52.3 Å². The average Bonchev–Trinajstić information content (AvgIpc) is 3.28. The number of rotatable bonds is 7. The number of carbonyl (C=O) groups is 1. The molecule has 0 N–H and O–H groups in total. The van der Waals surface area contributed by atoms with Gasteiger partial charge in [0.2, 0.25) is 4.80 Å². The van der Waals surface area contributed by atoms with Crippen LogP contribution < -0.4 is 19.0 Å². The van der Waals surface area contributed by atoms with Gasteiger partial charge in [0.05, 0.1) is 26.1 Å². The highest BCUT2D eigenvalue weighted by atomic mass is 32.1. The second kappa shape index (κ2) is 11.5. The number of benzene rings is 3. The summed E-state index contributed by atoms with van der Waals surface area (Å²) in [5.74, 6) is 1.47. The van der Waals surface area contributed by atoms with Crippen LogP contribution in [0.15, 0.2) is 70.1 Å². The van der Waals surface area contributed by atoms with E-state index in [4.69, 9.17) is 24.0 Å². The number of aromatic nitrogens is 1. The van der Waals surface area contributed by atoms with Crippen LogP contribution in [0.25, 0.3) is 22.0 Å². The minimum atomic E-state index is -0.796. The number of carbonyl (C=O) groups excluding carboxylic acids is 1. The monoisotopic (exact) mass is 533 g/mol. The van der Waals surface area contributed by atoms with Gasteiger partial charge in [-0.2, -0.15) is 5.10 Å². The van der Waals surface area contributed by atoms with Gasteiger partial charge in [0.25, 0.3) is 0 Å². The molecular formula is C29H31N3O5S. The van der Waals surface area contributed by atoms with Gasteiger partial charge in [0.15, 0.2) is 11.5 Å². The molecule has 0 saturated heterocycles. The van der Waals surface area contributed by atoms with Gasteiger partial charge >= 0.3 is 6.16 Å². The molecule has 0 aliphatic carbocycles. The lowest BCUT2D eigenvalue weighted by Crippen LogP contribution is -2.26.